The fourth-order valence-electron chi connectivity index (χ4n) is 4.03. The molecule has 0 unspecified atom stereocenters. The van der Waals surface area contributed by atoms with Gasteiger partial charge in [-0.05, 0) is 60.2 Å². The minimum absolute atomic E-state index is 0.0178. The van der Waals surface area contributed by atoms with Gasteiger partial charge < -0.3 is 14.1 Å². The van der Waals surface area contributed by atoms with Crippen LogP contribution in [0.5, 0.6) is 0 Å². The number of anilines is 1. The van der Waals surface area contributed by atoms with Crippen LogP contribution in [0.25, 0.3) is 0 Å². The molecule has 1 amide bonds. The van der Waals surface area contributed by atoms with Crippen LogP contribution in [0.15, 0.2) is 99.3 Å². The quantitative estimate of drug-likeness (QED) is 0.372. The molecule has 0 saturated heterocycles. The Hall–Kier alpha value is -4.68. The maximum atomic E-state index is 13.7. The number of hydrogen-bond acceptors (Lipinski definition) is 7. The summed E-state index contributed by atoms with van der Waals surface area (Å²) in [5, 5.41) is 9.27. The molecule has 0 saturated carbocycles. The number of sulfone groups is 1. The molecule has 0 radical (unpaired) electrons. The van der Waals surface area contributed by atoms with E-state index in [4.69, 9.17) is 9.15 Å². The van der Waals surface area contributed by atoms with Crippen molar-refractivity contribution in [2.24, 2.45) is 0 Å². The normalized spacial score (nSPS) is 13.8. The van der Waals surface area contributed by atoms with Crippen LogP contribution in [0.4, 0.5) is 5.69 Å². The van der Waals surface area contributed by atoms with Gasteiger partial charge in [-0.1, -0.05) is 24.3 Å². The number of nitrogens with zero attached hydrogens (tertiary/aromatic N) is 2. The molecule has 0 bridgehead atoms. The lowest BCUT2D eigenvalue weighted by molar-refractivity contribution is 0.0445. The second-order valence-electron chi connectivity index (χ2n) is 8.04. The van der Waals surface area contributed by atoms with Crippen LogP contribution in [0.2, 0.25) is 0 Å². The SMILES string of the molecule is N#Cc1cccc(CN2C(=O)c3ccccc3S(=O)(=O)c3ccc(C(=O)OCc4ccco4)cc32)c1. The molecule has 36 heavy (non-hydrogen) atoms. The zero-order valence-corrected chi connectivity index (χ0v) is 19.6. The third-order valence-electron chi connectivity index (χ3n) is 5.75. The molecular weight excluding hydrogens is 480 g/mol. The molecule has 178 valence electrons. The van der Waals surface area contributed by atoms with E-state index in [2.05, 4.69) is 6.07 Å². The Morgan fingerprint density at radius 2 is 1.81 bits per heavy atom. The Morgan fingerprint density at radius 1 is 0.972 bits per heavy atom. The molecule has 0 N–H and O–H groups in total. The van der Waals surface area contributed by atoms with Gasteiger partial charge in [0.2, 0.25) is 9.84 Å². The summed E-state index contributed by atoms with van der Waals surface area (Å²) in [5.41, 5.74) is 1.16. The first-order chi connectivity index (χ1) is 17.4. The second kappa shape index (κ2) is 9.17. The van der Waals surface area contributed by atoms with Crippen molar-refractivity contribution >= 4 is 27.4 Å². The summed E-state index contributed by atoms with van der Waals surface area (Å²) in [6, 6.07) is 22.1. The number of carbonyl (C=O) groups is 2. The summed E-state index contributed by atoms with van der Waals surface area (Å²) < 4.78 is 37.6. The van der Waals surface area contributed by atoms with Gasteiger partial charge in [-0.2, -0.15) is 5.26 Å². The Morgan fingerprint density at radius 3 is 2.58 bits per heavy atom. The summed E-state index contributed by atoms with van der Waals surface area (Å²) >= 11 is 0. The van der Waals surface area contributed by atoms with Crippen molar-refractivity contribution in [2.75, 3.05) is 4.90 Å². The number of furan rings is 1. The van der Waals surface area contributed by atoms with Gasteiger partial charge in [0.05, 0.1) is 51.0 Å². The molecular formula is C27H18N2O6S. The molecule has 1 aliphatic heterocycles. The van der Waals surface area contributed by atoms with Gasteiger partial charge in [0.1, 0.15) is 12.4 Å². The zero-order chi connectivity index (χ0) is 25.3. The molecule has 3 aromatic carbocycles. The van der Waals surface area contributed by atoms with E-state index in [0.29, 0.717) is 16.9 Å². The first-order valence-electron chi connectivity index (χ1n) is 10.9. The van der Waals surface area contributed by atoms with Crippen molar-refractivity contribution < 1.29 is 27.2 Å². The first kappa shape index (κ1) is 23.1. The average Bonchev–Trinajstić information content (AvgIpc) is 3.41. The van der Waals surface area contributed by atoms with Crippen molar-refractivity contribution in [2.45, 2.75) is 22.9 Å². The Labute approximate surface area is 206 Å². The molecule has 0 aliphatic carbocycles. The Bertz CT molecular complexity index is 1630. The molecule has 9 heteroatoms. The standard InChI is InChI=1S/C27H18N2O6S/c28-15-18-5-3-6-19(13-18)16-29-23-14-20(27(31)35-17-21-7-4-12-34-21)10-11-25(23)36(32,33)24-9-2-1-8-22(24)26(29)30/h1-14H,16-17H2. The molecule has 5 rings (SSSR count). The van der Waals surface area contributed by atoms with Crippen molar-refractivity contribution in [3.8, 4) is 6.07 Å². The number of fused-ring (bicyclic) bond motifs is 2. The molecule has 4 aromatic rings. The first-order valence-corrected chi connectivity index (χ1v) is 12.4. The Kier molecular flexibility index (Phi) is 5.88. The lowest BCUT2D eigenvalue weighted by Crippen LogP contribution is -2.30. The van der Waals surface area contributed by atoms with Gasteiger partial charge in [0.25, 0.3) is 5.91 Å². The highest BCUT2D eigenvalue weighted by Gasteiger charge is 2.36. The molecule has 0 atom stereocenters. The maximum Gasteiger partial charge on any atom is 0.338 e. The van der Waals surface area contributed by atoms with Crippen molar-refractivity contribution in [1.29, 1.82) is 5.26 Å². The highest BCUT2D eigenvalue weighted by Crippen LogP contribution is 2.38. The van der Waals surface area contributed by atoms with Gasteiger partial charge in [-0.3, -0.25) is 4.79 Å². The van der Waals surface area contributed by atoms with Gasteiger partial charge in [0.15, 0.2) is 0 Å². The largest absolute Gasteiger partial charge is 0.466 e. The highest BCUT2D eigenvalue weighted by molar-refractivity contribution is 7.91. The summed E-state index contributed by atoms with van der Waals surface area (Å²) in [4.78, 5) is 27.5. The number of carbonyl (C=O) groups excluding carboxylic acids is 2. The molecule has 8 nitrogen and oxygen atoms in total. The van der Waals surface area contributed by atoms with Gasteiger partial charge in [-0.15, -0.1) is 0 Å². The minimum atomic E-state index is -4.08. The molecule has 0 spiro atoms. The number of amides is 1. The number of rotatable bonds is 5. The van der Waals surface area contributed by atoms with Crippen molar-refractivity contribution in [3.63, 3.8) is 0 Å². The van der Waals surface area contributed by atoms with Gasteiger partial charge in [0, 0.05) is 0 Å². The number of benzene rings is 3. The topological polar surface area (TPSA) is 118 Å². The van der Waals surface area contributed by atoms with Gasteiger partial charge >= 0.3 is 5.97 Å². The van der Waals surface area contributed by atoms with E-state index < -0.39 is 21.7 Å². The van der Waals surface area contributed by atoms with Crippen LogP contribution < -0.4 is 4.90 Å². The summed E-state index contributed by atoms with van der Waals surface area (Å²) in [6.45, 7) is -0.119. The van der Waals surface area contributed by atoms with Crippen LogP contribution in [0, 0.1) is 11.3 Å². The number of esters is 1. The number of nitriles is 1. The van der Waals surface area contributed by atoms with E-state index >= 15 is 0 Å². The lowest BCUT2D eigenvalue weighted by atomic mass is 10.1. The fraction of sp³-hybridized carbons (Fsp3) is 0.0741. The van der Waals surface area contributed by atoms with Gasteiger partial charge in [-0.25, -0.2) is 13.2 Å². The molecule has 2 heterocycles. The minimum Gasteiger partial charge on any atom is -0.466 e. The predicted octanol–water partition coefficient (Wildman–Crippen LogP) is 4.50. The van der Waals surface area contributed by atoms with E-state index in [1.165, 1.54) is 41.5 Å². The van der Waals surface area contributed by atoms with E-state index in [0.717, 1.165) is 0 Å². The Balaban J connectivity index is 1.62. The zero-order valence-electron chi connectivity index (χ0n) is 18.7. The summed E-state index contributed by atoms with van der Waals surface area (Å²) in [5.74, 6) is -0.797. The number of hydrogen-bond donors (Lipinski definition) is 0. The maximum absolute atomic E-state index is 13.7. The van der Waals surface area contributed by atoms with Crippen LogP contribution in [-0.2, 0) is 27.7 Å². The fourth-order valence-corrected chi connectivity index (χ4v) is 5.66. The lowest BCUT2D eigenvalue weighted by Gasteiger charge is -2.23. The smallest absolute Gasteiger partial charge is 0.338 e. The third-order valence-corrected chi connectivity index (χ3v) is 7.61. The van der Waals surface area contributed by atoms with Crippen LogP contribution in [-0.4, -0.2) is 20.3 Å². The molecule has 1 aromatic heterocycles. The second-order valence-corrected chi connectivity index (χ2v) is 9.93. The van der Waals surface area contributed by atoms with E-state index in [-0.39, 0.29) is 39.8 Å². The van der Waals surface area contributed by atoms with Crippen LogP contribution in [0.3, 0.4) is 0 Å². The highest BCUT2D eigenvalue weighted by atomic mass is 32.2. The summed E-state index contributed by atoms with van der Waals surface area (Å²) in [7, 11) is -4.08. The van der Waals surface area contributed by atoms with Crippen LogP contribution in [0.1, 0.15) is 37.6 Å². The van der Waals surface area contributed by atoms with Crippen molar-refractivity contribution in [1.82, 2.24) is 0 Å². The average molecular weight is 499 g/mol. The van der Waals surface area contributed by atoms with E-state index in [9.17, 15) is 23.3 Å². The van der Waals surface area contributed by atoms with E-state index in [1.807, 2.05) is 0 Å². The van der Waals surface area contributed by atoms with E-state index in [1.54, 1.807) is 48.5 Å². The monoisotopic (exact) mass is 498 g/mol. The predicted molar refractivity (Wildman–Crippen MR) is 128 cm³/mol. The number of ether oxygens (including phenoxy) is 1. The van der Waals surface area contributed by atoms with Crippen LogP contribution >= 0.6 is 0 Å². The third kappa shape index (κ3) is 4.15. The summed E-state index contributed by atoms with van der Waals surface area (Å²) in [6.07, 6.45) is 1.46. The van der Waals surface area contributed by atoms with Crippen molar-refractivity contribution in [3.05, 3.63) is 113 Å². The molecule has 0 fully saturated rings. The molecule has 1 aliphatic rings.